The van der Waals surface area contributed by atoms with Crippen molar-refractivity contribution in [3.63, 3.8) is 0 Å². The molecule has 1 heterocycles. The van der Waals surface area contributed by atoms with Crippen LogP contribution in [0.3, 0.4) is 0 Å². The summed E-state index contributed by atoms with van der Waals surface area (Å²) < 4.78 is 0. The Bertz CT molecular complexity index is 472. The molecule has 1 rings (SSSR count). The number of carbonyl (C=O) groups excluding carboxylic acids is 1. The molecule has 0 aliphatic heterocycles. The molecular formula is C12H17N3O3. The molecule has 1 aromatic heterocycles. The van der Waals surface area contributed by atoms with Crippen LogP contribution in [0.25, 0.3) is 0 Å². The van der Waals surface area contributed by atoms with E-state index in [1.54, 1.807) is 27.7 Å². The van der Waals surface area contributed by atoms with Crippen molar-refractivity contribution in [1.82, 2.24) is 15.3 Å². The first-order chi connectivity index (χ1) is 8.32. The normalized spacial score (nSPS) is 12.3. The lowest BCUT2D eigenvalue weighted by atomic mass is 10.0. The maximum atomic E-state index is 11.9. The van der Waals surface area contributed by atoms with Crippen molar-refractivity contribution in [3.8, 4) is 0 Å². The van der Waals surface area contributed by atoms with Gasteiger partial charge in [-0.05, 0) is 19.8 Å². The summed E-state index contributed by atoms with van der Waals surface area (Å²) in [6.45, 7) is 6.88. The van der Waals surface area contributed by atoms with Crippen molar-refractivity contribution in [1.29, 1.82) is 0 Å². The Morgan fingerprint density at radius 1 is 1.33 bits per heavy atom. The van der Waals surface area contributed by atoms with Crippen molar-refractivity contribution in [2.45, 2.75) is 33.7 Å². The summed E-state index contributed by atoms with van der Waals surface area (Å²) in [4.78, 5) is 31.0. The minimum atomic E-state index is -1.05. The summed E-state index contributed by atoms with van der Waals surface area (Å²) in [7, 11) is 0. The van der Waals surface area contributed by atoms with Gasteiger partial charge in [0.2, 0.25) is 0 Å². The number of hydrogen-bond donors (Lipinski definition) is 2. The van der Waals surface area contributed by atoms with E-state index < -0.39 is 17.9 Å². The standard InChI is InChI=1S/C12H17N3O3/c1-6(2)10(12(17)18)15-11(16)9-5-13-8(4)14-7(9)3/h5-6,10H,1-4H3,(H,15,16)(H,17,18)/t10-/m1/s1. The zero-order chi connectivity index (χ0) is 13.9. The van der Waals surface area contributed by atoms with Gasteiger partial charge in [-0.3, -0.25) is 4.79 Å². The van der Waals surface area contributed by atoms with Crippen LogP contribution < -0.4 is 5.32 Å². The van der Waals surface area contributed by atoms with Crippen LogP contribution in [0.2, 0.25) is 0 Å². The second-order valence-electron chi connectivity index (χ2n) is 4.45. The number of carbonyl (C=O) groups is 2. The minimum Gasteiger partial charge on any atom is -0.480 e. The van der Waals surface area contributed by atoms with Crippen LogP contribution in [0.15, 0.2) is 6.20 Å². The molecule has 0 spiro atoms. The van der Waals surface area contributed by atoms with Gasteiger partial charge in [-0.2, -0.15) is 0 Å². The van der Waals surface area contributed by atoms with Gasteiger partial charge in [-0.1, -0.05) is 13.8 Å². The molecule has 6 heteroatoms. The fourth-order valence-electron chi connectivity index (χ4n) is 1.54. The Hall–Kier alpha value is -1.98. The molecule has 0 fully saturated rings. The number of hydrogen-bond acceptors (Lipinski definition) is 4. The Balaban J connectivity index is 2.91. The highest BCUT2D eigenvalue weighted by Crippen LogP contribution is 2.07. The van der Waals surface area contributed by atoms with E-state index in [0.717, 1.165) is 0 Å². The Kier molecular flexibility index (Phi) is 4.36. The van der Waals surface area contributed by atoms with E-state index in [-0.39, 0.29) is 5.92 Å². The van der Waals surface area contributed by atoms with E-state index >= 15 is 0 Å². The van der Waals surface area contributed by atoms with Crippen LogP contribution in [0.1, 0.15) is 35.7 Å². The number of nitrogens with one attached hydrogen (secondary N) is 1. The van der Waals surface area contributed by atoms with Crippen molar-refractivity contribution < 1.29 is 14.7 Å². The van der Waals surface area contributed by atoms with Crippen molar-refractivity contribution in [3.05, 3.63) is 23.3 Å². The molecule has 0 unspecified atom stereocenters. The number of amides is 1. The van der Waals surface area contributed by atoms with Gasteiger partial charge in [0.1, 0.15) is 11.9 Å². The van der Waals surface area contributed by atoms with Crippen molar-refractivity contribution in [2.75, 3.05) is 0 Å². The third-order valence-corrected chi connectivity index (χ3v) is 2.56. The summed E-state index contributed by atoms with van der Waals surface area (Å²) in [6.07, 6.45) is 1.41. The van der Waals surface area contributed by atoms with Crippen LogP contribution in [0, 0.1) is 19.8 Å². The lowest BCUT2D eigenvalue weighted by molar-refractivity contribution is -0.140. The topological polar surface area (TPSA) is 92.2 Å². The van der Waals surface area contributed by atoms with Gasteiger partial charge in [-0.15, -0.1) is 0 Å². The largest absolute Gasteiger partial charge is 0.480 e. The molecule has 2 N–H and O–H groups in total. The second kappa shape index (κ2) is 5.57. The second-order valence-corrected chi connectivity index (χ2v) is 4.45. The molecule has 98 valence electrons. The number of nitrogens with zero attached hydrogens (tertiary/aromatic N) is 2. The zero-order valence-electron chi connectivity index (χ0n) is 10.9. The Labute approximate surface area is 105 Å². The fraction of sp³-hybridized carbons (Fsp3) is 0.500. The monoisotopic (exact) mass is 251 g/mol. The summed E-state index contributed by atoms with van der Waals surface area (Å²) >= 11 is 0. The Morgan fingerprint density at radius 2 is 1.94 bits per heavy atom. The van der Waals surface area contributed by atoms with Crippen LogP contribution in [0.5, 0.6) is 0 Å². The lowest BCUT2D eigenvalue weighted by Crippen LogP contribution is -2.44. The molecule has 0 aromatic carbocycles. The molecule has 0 bridgehead atoms. The summed E-state index contributed by atoms with van der Waals surface area (Å²) in [5.74, 6) is -1.14. The van der Waals surface area contributed by atoms with Gasteiger partial charge >= 0.3 is 5.97 Å². The third-order valence-electron chi connectivity index (χ3n) is 2.56. The van der Waals surface area contributed by atoms with Crippen LogP contribution >= 0.6 is 0 Å². The van der Waals surface area contributed by atoms with Gasteiger partial charge in [0.25, 0.3) is 5.91 Å². The van der Waals surface area contributed by atoms with Crippen molar-refractivity contribution in [2.24, 2.45) is 5.92 Å². The number of aliphatic carboxylic acids is 1. The van der Waals surface area contributed by atoms with Crippen molar-refractivity contribution >= 4 is 11.9 Å². The number of aromatic nitrogens is 2. The number of carboxylic acid groups (broad SMARTS) is 1. The molecule has 0 aliphatic carbocycles. The first-order valence-electron chi connectivity index (χ1n) is 5.66. The lowest BCUT2D eigenvalue weighted by Gasteiger charge is -2.18. The van der Waals surface area contributed by atoms with Crippen LogP contribution in [0.4, 0.5) is 0 Å². The van der Waals surface area contributed by atoms with Crippen LogP contribution in [-0.4, -0.2) is 33.0 Å². The van der Waals surface area contributed by atoms with Gasteiger partial charge in [0, 0.05) is 6.20 Å². The maximum absolute atomic E-state index is 11.9. The van der Waals surface area contributed by atoms with E-state index in [9.17, 15) is 9.59 Å². The first kappa shape index (κ1) is 14.1. The predicted molar refractivity (Wildman–Crippen MR) is 65.2 cm³/mol. The first-order valence-corrected chi connectivity index (χ1v) is 5.66. The summed E-state index contributed by atoms with van der Waals surface area (Å²) in [5, 5.41) is 11.5. The smallest absolute Gasteiger partial charge is 0.326 e. The Morgan fingerprint density at radius 3 is 2.39 bits per heavy atom. The molecule has 0 saturated heterocycles. The fourth-order valence-corrected chi connectivity index (χ4v) is 1.54. The minimum absolute atomic E-state index is 0.196. The molecule has 6 nitrogen and oxygen atoms in total. The van der Waals surface area contributed by atoms with E-state index in [2.05, 4.69) is 15.3 Å². The molecule has 0 aliphatic rings. The van der Waals surface area contributed by atoms with Gasteiger partial charge in [0.05, 0.1) is 11.3 Å². The SMILES string of the molecule is Cc1ncc(C(=O)N[C@@H](C(=O)O)C(C)C)c(C)n1. The number of aryl methyl sites for hydroxylation is 2. The molecule has 1 atom stereocenters. The predicted octanol–water partition coefficient (Wildman–Crippen LogP) is 0.932. The van der Waals surface area contributed by atoms with Gasteiger partial charge < -0.3 is 10.4 Å². The molecule has 0 saturated carbocycles. The molecule has 0 radical (unpaired) electrons. The zero-order valence-corrected chi connectivity index (χ0v) is 10.9. The highest BCUT2D eigenvalue weighted by Gasteiger charge is 2.24. The molecule has 1 amide bonds. The van der Waals surface area contributed by atoms with Gasteiger partial charge in [0.15, 0.2) is 0 Å². The molecule has 18 heavy (non-hydrogen) atoms. The quantitative estimate of drug-likeness (QED) is 0.830. The highest BCUT2D eigenvalue weighted by molar-refractivity contribution is 5.97. The van der Waals surface area contributed by atoms with E-state index in [4.69, 9.17) is 5.11 Å². The van der Waals surface area contributed by atoms with Crippen LogP contribution in [-0.2, 0) is 4.79 Å². The van der Waals surface area contributed by atoms with E-state index in [1.807, 2.05) is 0 Å². The van der Waals surface area contributed by atoms with Gasteiger partial charge in [-0.25, -0.2) is 14.8 Å². The summed E-state index contributed by atoms with van der Waals surface area (Å²) in [6, 6.07) is -0.918. The van der Waals surface area contributed by atoms with E-state index in [1.165, 1.54) is 6.20 Å². The van der Waals surface area contributed by atoms with E-state index in [0.29, 0.717) is 17.1 Å². The molecule has 1 aromatic rings. The maximum Gasteiger partial charge on any atom is 0.326 e. The number of rotatable bonds is 4. The average molecular weight is 251 g/mol. The summed E-state index contributed by atoms with van der Waals surface area (Å²) in [5.41, 5.74) is 0.834. The molecular weight excluding hydrogens is 234 g/mol. The highest BCUT2D eigenvalue weighted by atomic mass is 16.4. The third kappa shape index (κ3) is 3.26. The number of carboxylic acids is 1. The average Bonchev–Trinajstić information content (AvgIpc) is 2.24.